The molecule has 0 saturated carbocycles. The Morgan fingerprint density at radius 2 is 2.21 bits per heavy atom. The third kappa shape index (κ3) is 4.30. The standard InChI is InChI=1S/C21H29F3N6O3/c22-10-1-2-13(24)12(5-10)15-6-11(23)7-30(15)21(32)18-17-19(25-9-26-20(17)29-28-18)27-14-8-33-4-3-16(14)31/h1,11-18,28,31H,2-9H2,(H,25,27)(H,26,29)/t11-,12?,13?,14+,15+,16+,17?,18?/m0/s1. The maximum Gasteiger partial charge on any atom is 0.248 e. The van der Waals surface area contributed by atoms with Crippen molar-refractivity contribution in [2.24, 2.45) is 21.9 Å². The number of carbonyl (C=O) groups is 1. The zero-order valence-electron chi connectivity index (χ0n) is 18.1. The Hall–Kier alpha value is -2.34. The van der Waals surface area contributed by atoms with Crippen LogP contribution in [0.15, 0.2) is 22.0 Å². The molecule has 2 fully saturated rings. The van der Waals surface area contributed by atoms with Crippen LogP contribution in [0.4, 0.5) is 13.2 Å². The van der Waals surface area contributed by atoms with E-state index in [4.69, 9.17) is 4.74 Å². The lowest BCUT2D eigenvalue weighted by Crippen LogP contribution is -2.60. The number of fused-ring (bicyclic) bond motifs is 1. The van der Waals surface area contributed by atoms with Gasteiger partial charge in [0, 0.05) is 31.4 Å². The molecule has 4 aliphatic heterocycles. The quantitative estimate of drug-likeness (QED) is 0.467. The van der Waals surface area contributed by atoms with Gasteiger partial charge >= 0.3 is 0 Å². The number of hydrazone groups is 1. The van der Waals surface area contributed by atoms with Gasteiger partial charge in [0.15, 0.2) is 0 Å². The summed E-state index contributed by atoms with van der Waals surface area (Å²) < 4.78 is 48.5. The van der Waals surface area contributed by atoms with Gasteiger partial charge in [0.05, 0.1) is 31.1 Å². The Balaban J connectivity index is 1.34. The van der Waals surface area contributed by atoms with E-state index in [-0.39, 0.29) is 38.5 Å². The van der Waals surface area contributed by atoms with Crippen molar-refractivity contribution in [3.8, 4) is 0 Å². The van der Waals surface area contributed by atoms with Crippen molar-refractivity contribution >= 4 is 17.6 Å². The van der Waals surface area contributed by atoms with Crippen molar-refractivity contribution in [1.82, 2.24) is 21.0 Å². The number of hydrogen-bond donors (Lipinski definition) is 4. The predicted octanol–water partition coefficient (Wildman–Crippen LogP) is 0.127. The first kappa shape index (κ1) is 22.5. The van der Waals surface area contributed by atoms with Crippen LogP contribution >= 0.6 is 0 Å². The molecule has 4 heterocycles. The molecule has 5 rings (SSSR count). The third-order valence-electron chi connectivity index (χ3n) is 7.20. The molecule has 1 aliphatic carbocycles. The van der Waals surface area contributed by atoms with Crippen LogP contribution in [-0.4, -0.2) is 90.6 Å². The van der Waals surface area contributed by atoms with Gasteiger partial charge in [-0.25, -0.2) is 13.2 Å². The Labute approximate surface area is 189 Å². The predicted molar refractivity (Wildman–Crippen MR) is 113 cm³/mol. The SMILES string of the molecule is O=C(C1NN=C2NCN=C(N[C@@H]3COCC[C@H]3O)C21)N1C[C@@H](F)C[C@@H]1C1CC(F)=CCC1F. The molecular formula is C21H29F3N6O3. The number of nitrogens with zero attached hydrogens (tertiary/aromatic N) is 3. The monoisotopic (exact) mass is 470 g/mol. The van der Waals surface area contributed by atoms with Crippen molar-refractivity contribution in [3.05, 3.63) is 11.9 Å². The van der Waals surface area contributed by atoms with E-state index >= 15 is 0 Å². The molecule has 1 amide bonds. The smallest absolute Gasteiger partial charge is 0.248 e. The lowest BCUT2D eigenvalue weighted by Gasteiger charge is -2.37. The molecule has 0 bridgehead atoms. The van der Waals surface area contributed by atoms with Crippen molar-refractivity contribution in [2.75, 3.05) is 26.4 Å². The van der Waals surface area contributed by atoms with E-state index in [1.165, 1.54) is 11.0 Å². The number of aliphatic hydroxyl groups is 1. The highest BCUT2D eigenvalue weighted by Gasteiger charge is 2.50. The molecule has 12 heteroatoms. The Bertz CT molecular complexity index is 870. The molecule has 0 radical (unpaired) electrons. The number of alkyl halides is 2. The van der Waals surface area contributed by atoms with Crippen molar-refractivity contribution in [1.29, 1.82) is 0 Å². The van der Waals surface area contributed by atoms with Crippen LogP contribution in [0.1, 0.15) is 25.7 Å². The van der Waals surface area contributed by atoms with E-state index in [1.54, 1.807) is 0 Å². The molecule has 0 aromatic carbocycles. The van der Waals surface area contributed by atoms with Gasteiger partial charge in [-0.15, -0.1) is 0 Å². The van der Waals surface area contributed by atoms with Crippen LogP contribution in [0.3, 0.4) is 0 Å². The largest absolute Gasteiger partial charge is 0.391 e. The average molecular weight is 470 g/mol. The summed E-state index contributed by atoms with van der Waals surface area (Å²) in [6, 6.07) is -1.99. The molecule has 0 spiro atoms. The van der Waals surface area contributed by atoms with Crippen LogP contribution in [0, 0.1) is 11.8 Å². The molecule has 0 aromatic rings. The number of likely N-dealkylation sites (tertiary alicyclic amines) is 1. The fourth-order valence-corrected chi connectivity index (χ4v) is 5.45. The van der Waals surface area contributed by atoms with Gasteiger partial charge in [-0.05, 0) is 18.9 Å². The molecular weight excluding hydrogens is 441 g/mol. The highest BCUT2D eigenvalue weighted by molar-refractivity contribution is 6.12. The average Bonchev–Trinajstić information content (AvgIpc) is 3.41. The number of rotatable bonds is 3. The summed E-state index contributed by atoms with van der Waals surface area (Å²) in [5.74, 6) is -1.23. The number of halogens is 3. The lowest BCUT2D eigenvalue weighted by molar-refractivity contribution is -0.136. The number of hydrogen-bond acceptors (Lipinski definition) is 8. The van der Waals surface area contributed by atoms with Crippen LogP contribution in [0.25, 0.3) is 0 Å². The third-order valence-corrected chi connectivity index (χ3v) is 7.20. The first-order valence-corrected chi connectivity index (χ1v) is 11.5. The van der Waals surface area contributed by atoms with Crippen molar-refractivity contribution < 1.29 is 27.8 Å². The van der Waals surface area contributed by atoms with E-state index in [1.807, 2.05) is 0 Å². The summed E-state index contributed by atoms with van der Waals surface area (Å²) in [6.45, 7) is 0.857. The maximum absolute atomic E-state index is 14.7. The van der Waals surface area contributed by atoms with E-state index in [0.29, 0.717) is 31.3 Å². The number of amides is 1. The summed E-state index contributed by atoms with van der Waals surface area (Å²) in [7, 11) is 0. The molecule has 2 saturated heterocycles. The molecule has 5 aliphatic rings. The Morgan fingerprint density at radius 1 is 1.36 bits per heavy atom. The van der Waals surface area contributed by atoms with Gasteiger partial charge in [0.25, 0.3) is 0 Å². The van der Waals surface area contributed by atoms with Gasteiger partial charge in [-0.2, -0.15) is 5.10 Å². The molecule has 8 atom stereocenters. The van der Waals surface area contributed by atoms with Gasteiger partial charge in [-0.1, -0.05) is 0 Å². The van der Waals surface area contributed by atoms with Crippen molar-refractivity contribution in [2.45, 2.75) is 62.3 Å². The first-order valence-electron chi connectivity index (χ1n) is 11.5. The highest BCUT2D eigenvalue weighted by Crippen LogP contribution is 2.38. The number of aliphatic imine (C=N–C) groups is 1. The number of aliphatic hydroxyl groups excluding tert-OH is 1. The number of carbonyl (C=O) groups excluding carboxylic acids is 1. The van der Waals surface area contributed by atoms with Crippen molar-refractivity contribution in [3.63, 3.8) is 0 Å². The first-order chi connectivity index (χ1) is 15.9. The number of nitrogens with one attached hydrogen (secondary N) is 3. The highest BCUT2D eigenvalue weighted by atomic mass is 19.1. The van der Waals surface area contributed by atoms with Gasteiger partial charge < -0.3 is 25.4 Å². The number of ether oxygens (including phenoxy) is 1. The Kier molecular flexibility index (Phi) is 6.21. The number of allylic oxidation sites excluding steroid dienone is 2. The summed E-state index contributed by atoms with van der Waals surface area (Å²) in [5.41, 5.74) is 2.83. The normalized spacial score (nSPS) is 40.7. The second-order valence-electron chi connectivity index (χ2n) is 9.30. The van der Waals surface area contributed by atoms with E-state index in [0.717, 1.165) is 0 Å². The van der Waals surface area contributed by atoms with Crippen LogP contribution < -0.4 is 16.1 Å². The zero-order chi connectivity index (χ0) is 23.1. The van der Waals surface area contributed by atoms with Gasteiger partial charge in [0.2, 0.25) is 5.91 Å². The van der Waals surface area contributed by atoms with E-state index in [9.17, 15) is 23.1 Å². The molecule has 33 heavy (non-hydrogen) atoms. The fraction of sp³-hybridized carbons (Fsp3) is 0.762. The zero-order valence-corrected chi connectivity index (χ0v) is 18.1. The summed E-state index contributed by atoms with van der Waals surface area (Å²) in [5, 5.41) is 20.8. The minimum atomic E-state index is -1.33. The Morgan fingerprint density at radius 3 is 3.03 bits per heavy atom. The summed E-state index contributed by atoms with van der Waals surface area (Å²) in [6.07, 6.45) is -1.77. The van der Waals surface area contributed by atoms with Crippen LogP contribution in [-0.2, 0) is 9.53 Å². The van der Waals surface area contributed by atoms with Gasteiger partial charge in [0.1, 0.15) is 42.6 Å². The molecule has 4 unspecified atom stereocenters. The second kappa shape index (κ2) is 9.13. The van der Waals surface area contributed by atoms with E-state index < -0.39 is 54.1 Å². The summed E-state index contributed by atoms with van der Waals surface area (Å²) >= 11 is 0. The molecule has 0 aromatic heterocycles. The number of amidine groups is 2. The fourth-order valence-electron chi connectivity index (χ4n) is 5.45. The van der Waals surface area contributed by atoms with Crippen LogP contribution in [0.5, 0.6) is 0 Å². The minimum absolute atomic E-state index is 0.0156. The van der Waals surface area contributed by atoms with Gasteiger partial charge in [-0.3, -0.25) is 15.2 Å². The van der Waals surface area contributed by atoms with E-state index in [2.05, 4.69) is 26.2 Å². The lowest BCUT2D eigenvalue weighted by atomic mass is 9.83. The minimum Gasteiger partial charge on any atom is -0.391 e. The molecule has 9 nitrogen and oxygen atoms in total. The molecule has 4 N–H and O–H groups in total. The molecule has 182 valence electrons. The summed E-state index contributed by atoms with van der Waals surface area (Å²) in [4.78, 5) is 19.4. The second-order valence-corrected chi connectivity index (χ2v) is 9.30. The van der Waals surface area contributed by atoms with Crippen LogP contribution in [0.2, 0.25) is 0 Å². The maximum atomic E-state index is 14.7. The topological polar surface area (TPSA) is 111 Å².